The molecule has 0 saturated carbocycles. The summed E-state index contributed by atoms with van der Waals surface area (Å²) in [4.78, 5) is 21.3. The number of hydrogen-bond acceptors (Lipinski definition) is 2. The van der Waals surface area contributed by atoms with Gasteiger partial charge in [-0.25, -0.2) is 4.79 Å². The van der Waals surface area contributed by atoms with E-state index in [4.69, 9.17) is 10.8 Å². The fraction of sp³-hybridized carbons (Fsp3) is 0.500. The van der Waals surface area contributed by atoms with Gasteiger partial charge in [0.15, 0.2) is 0 Å². The summed E-state index contributed by atoms with van der Waals surface area (Å²) in [6.45, 7) is 0. The summed E-state index contributed by atoms with van der Waals surface area (Å²) >= 11 is 0. The zero-order valence-electron chi connectivity index (χ0n) is 7.06. The van der Waals surface area contributed by atoms with Crippen molar-refractivity contribution in [3.05, 3.63) is 12.2 Å². The Morgan fingerprint density at radius 1 is 1.38 bits per heavy atom. The molecule has 1 rings (SSSR count). The van der Waals surface area contributed by atoms with Gasteiger partial charge < -0.3 is 16.2 Å². The molecule has 2 unspecified atom stereocenters. The standard InChI is InChI=1S/C8H12N2O3/c9-7(11)5-3-1-2-4-6(5)10-8(12)13/h1-2,5-6,10H,3-4H2,(H2,9,11)(H,12,13). The van der Waals surface area contributed by atoms with E-state index in [0.717, 1.165) is 0 Å². The lowest BCUT2D eigenvalue weighted by molar-refractivity contribution is -0.122. The number of nitrogens with two attached hydrogens (primary N) is 1. The maximum absolute atomic E-state index is 10.9. The Labute approximate surface area is 75.6 Å². The van der Waals surface area contributed by atoms with Gasteiger partial charge in [-0.05, 0) is 12.8 Å². The van der Waals surface area contributed by atoms with Crippen LogP contribution in [0.25, 0.3) is 0 Å². The number of allylic oxidation sites excluding steroid dienone is 1. The summed E-state index contributed by atoms with van der Waals surface area (Å²) in [6.07, 6.45) is 3.61. The Morgan fingerprint density at radius 2 is 2.00 bits per heavy atom. The van der Waals surface area contributed by atoms with Gasteiger partial charge in [-0.2, -0.15) is 0 Å². The largest absolute Gasteiger partial charge is 0.465 e. The van der Waals surface area contributed by atoms with Crippen molar-refractivity contribution in [3.63, 3.8) is 0 Å². The van der Waals surface area contributed by atoms with Crippen molar-refractivity contribution in [2.75, 3.05) is 0 Å². The van der Waals surface area contributed by atoms with Crippen molar-refractivity contribution < 1.29 is 14.7 Å². The van der Waals surface area contributed by atoms with Crippen molar-refractivity contribution in [1.29, 1.82) is 0 Å². The number of primary amides is 1. The fourth-order valence-corrected chi connectivity index (χ4v) is 1.45. The van der Waals surface area contributed by atoms with Crippen LogP contribution in [0.2, 0.25) is 0 Å². The molecule has 1 aliphatic carbocycles. The van der Waals surface area contributed by atoms with Gasteiger partial charge in [-0.1, -0.05) is 12.2 Å². The van der Waals surface area contributed by atoms with Crippen LogP contribution in [0.5, 0.6) is 0 Å². The quantitative estimate of drug-likeness (QED) is 0.530. The van der Waals surface area contributed by atoms with Crippen LogP contribution >= 0.6 is 0 Å². The molecular formula is C8H12N2O3. The van der Waals surface area contributed by atoms with Crippen LogP contribution in [0.3, 0.4) is 0 Å². The topological polar surface area (TPSA) is 92.4 Å². The lowest BCUT2D eigenvalue weighted by atomic mass is 9.88. The van der Waals surface area contributed by atoms with E-state index in [-0.39, 0.29) is 6.04 Å². The second-order valence-corrected chi connectivity index (χ2v) is 3.01. The van der Waals surface area contributed by atoms with Gasteiger partial charge in [0.2, 0.25) is 5.91 Å². The van der Waals surface area contributed by atoms with Gasteiger partial charge in [0.25, 0.3) is 0 Å². The molecule has 0 aromatic heterocycles. The second kappa shape index (κ2) is 3.93. The van der Waals surface area contributed by atoms with Gasteiger partial charge in [0, 0.05) is 6.04 Å². The highest BCUT2D eigenvalue weighted by molar-refractivity contribution is 5.78. The van der Waals surface area contributed by atoms with Crippen molar-refractivity contribution in [3.8, 4) is 0 Å². The summed E-state index contributed by atoms with van der Waals surface area (Å²) < 4.78 is 0. The third-order valence-electron chi connectivity index (χ3n) is 2.11. The number of amides is 2. The van der Waals surface area contributed by atoms with Crippen LogP contribution in [0.4, 0.5) is 4.79 Å². The average molecular weight is 184 g/mol. The molecule has 0 aliphatic heterocycles. The molecule has 0 radical (unpaired) electrons. The maximum atomic E-state index is 10.9. The third kappa shape index (κ3) is 2.47. The van der Waals surface area contributed by atoms with E-state index in [1.165, 1.54) is 0 Å². The second-order valence-electron chi connectivity index (χ2n) is 3.01. The summed E-state index contributed by atoms with van der Waals surface area (Å²) in [6, 6.07) is -0.375. The van der Waals surface area contributed by atoms with Crippen molar-refractivity contribution in [2.24, 2.45) is 11.7 Å². The first-order chi connectivity index (χ1) is 6.11. The Kier molecular flexibility index (Phi) is 2.89. The fourth-order valence-electron chi connectivity index (χ4n) is 1.45. The van der Waals surface area contributed by atoms with Crippen LogP contribution in [0, 0.1) is 5.92 Å². The maximum Gasteiger partial charge on any atom is 0.404 e. The summed E-state index contributed by atoms with van der Waals surface area (Å²) in [5, 5.41) is 10.8. The molecule has 0 fully saturated rings. The minimum atomic E-state index is -1.12. The molecular weight excluding hydrogens is 172 g/mol. The van der Waals surface area contributed by atoms with E-state index in [1.807, 2.05) is 12.2 Å². The highest BCUT2D eigenvalue weighted by atomic mass is 16.4. The number of carboxylic acid groups (broad SMARTS) is 1. The van der Waals surface area contributed by atoms with Gasteiger partial charge in [0.05, 0.1) is 5.92 Å². The average Bonchev–Trinajstić information content (AvgIpc) is 2.03. The molecule has 1 aliphatic rings. The van der Waals surface area contributed by atoms with Crippen molar-refractivity contribution >= 4 is 12.0 Å². The van der Waals surface area contributed by atoms with E-state index in [9.17, 15) is 9.59 Å². The monoisotopic (exact) mass is 184 g/mol. The Hall–Kier alpha value is -1.52. The summed E-state index contributed by atoms with van der Waals surface area (Å²) in [7, 11) is 0. The highest BCUT2D eigenvalue weighted by Crippen LogP contribution is 2.18. The smallest absolute Gasteiger partial charge is 0.404 e. The van der Waals surface area contributed by atoms with Gasteiger partial charge in [-0.15, -0.1) is 0 Å². The predicted molar refractivity (Wildman–Crippen MR) is 46.0 cm³/mol. The van der Waals surface area contributed by atoms with Crippen LogP contribution in [-0.2, 0) is 4.79 Å². The molecule has 0 heterocycles. The normalized spacial score (nSPS) is 26.8. The Bertz CT molecular complexity index is 250. The Morgan fingerprint density at radius 3 is 2.54 bits per heavy atom. The lowest BCUT2D eigenvalue weighted by Gasteiger charge is -2.25. The number of carbonyl (C=O) groups excluding carboxylic acids is 1. The summed E-state index contributed by atoms with van der Waals surface area (Å²) in [5.41, 5.74) is 5.13. The van der Waals surface area contributed by atoms with Gasteiger partial charge >= 0.3 is 6.09 Å². The predicted octanol–water partition coefficient (Wildman–Crippen LogP) is 0.0741. The van der Waals surface area contributed by atoms with Gasteiger partial charge in [-0.3, -0.25) is 4.79 Å². The zero-order valence-corrected chi connectivity index (χ0v) is 7.06. The Balaban J connectivity index is 2.63. The molecule has 0 saturated heterocycles. The first-order valence-electron chi connectivity index (χ1n) is 4.05. The molecule has 0 spiro atoms. The molecule has 13 heavy (non-hydrogen) atoms. The minimum absolute atomic E-state index is 0.375. The molecule has 5 heteroatoms. The number of hydrogen-bond donors (Lipinski definition) is 3. The highest BCUT2D eigenvalue weighted by Gasteiger charge is 2.27. The molecule has 72 valence electrons. The van der Waals surface area contributed by atoms with Crippen molar-refractivity contribution in [1.82, 2.24) is 5.32 Å². The van der Waals surface area contributed by atoms with E-state index >= 15 is 0 Å². The third-order valence-corrected chi connectivity index (χ3v) is 2.11. The van der Waals surface area contributed by atoms with E-state index in [1.54, 1.807) is 0 Å². The molecule has 5 nitrogen and oxygen atoms in total. The first-order valence-corrected chi connectivity index (χ1v) is 4.05. The summed E-state index contributed by atoms with van der Waals surface area (Å²) in [5.74, 6) is -0.871. The van der Waals surface area contributed by atoms with Gasteiger partial charge in [0.1, 0.15) is 0 Å². The minimum Gasteiger partial charge on any atom is -0.465 e. The van der Waals surface area contributed by atoms with E-state index in [0.29, 0.717) is 12.8 Å². The molecule has 2 amide bonds. The number of rotatable bonds is 2. The molecule has 4 N–H and O–H groups in total. The lowest BCUT2D eigenvalue weighted by Crippen LogP contribution is -2.45. The van der Waals surface area contributed by atoms with Crippen molar-refractivity contribution in [2.45, 2.75) is 18.9 Å². The van der Waals surface area contributed by atoms with Crippen LogP contribution in [0.1, 0.15) is 12.8 Å². The molecule has 2 atom stereocenters. The van der Waals surface area contributed by atoms with Crippen LogP contribution in [0.15, 0.2) is 12.2 Å². The zero-order chi connectivity index (χ0) is 9.84. The number of carbonyl (C=O) groups is 2. The first kappa shape index (κ1) is 9.57. The van der Waals surface area contributed by atoms with E-state index < -0.39 is 17.9 Å². The van der Waals surface area contributed by atoms with Crippen LogP contribution in [-0.4, -0.2) is 23.1 Å². The SMILES string of the molecule is NC(=O)C1CC=CCC1NC(=O)O. The van der Waals surface area contributed by atoms with Crippen LogP contribution < -0.4 is 11.1 Å². The number of nitrogens with one attached hydrogen (secondary N) is 1. The van der Waals surface area contributed by atoms with E-state index in [2.05, 4.69) is 5.32 Å². The molecule has 0 aromatic carbocycles. The molecule has 0 aromatic rings. The molecule has 0 bridgehead atoms.